The monoisotopic (exact) mass is 182 g/mol. The summed E-state index contributed by atoms with van der Waals surface area (Å²) in [5.41, 5.74) is 5.45. The van der Waals surface area contributed by atoms with Gasteiger partial charge in [0.1, 0.15) is 0 Å². The molecule has 0 saturated heterocycles. The average Bonchev–Trinajstić information content (AvgIpc) is 2.99. The van der Waals surface area contributed by atoms with Gasteiger partial charge in [-0.1, -0.05) is 0 Å². The second kappa shape index (κ2) is 4.43. The van der Waals surface area contributed by atoms with E-state index in [-0.39, 0.29) is 0 Å². The molecule has 0 atom stereocenters. The molecule has 0 spiro atoms. The van der Waals surface area contributed by atoms with E-state index in [1.807, 2.05) is 0 Å². The van der Waals surface area contributed by atoms with Gasteiger partial charge in [0.15, 0.2) is 0 Å². The van der Waals surface area contributed by atoms with Crippen LogP contribution < -0.4 is 11.1 Å². The van der Waals surface area contributed by atoms with Gasteiger partial charge in [0, 0.05) is 0 Å². The van der Waals surface area contributed by atoms with E-state index in [2.05, 4.69) is 5.32 Å². The normalized spacial score (nSPS) is 22.6. The van der Waals surface area contributed by atoms with Gasteiger partial charge in [-0.25, -0.2) is 0 Å². The summed E-state index contributed by atoms with van der Waals surface area (Å²) in [4.78, 5) is 0. The zero-order valence-electron chi connectivity index (χ0n) is 8.47. The first-order valence-corrected chi connectivity index (χ1v) is 5.82. The van der Waals surface area contributed by atoms with Crippen molar-refractivity contribution in [2.75, 3.05) is 19.6 Å². The molecule has 0 heterocycles. The van der Waals surface area contributed by atoms with E-state index in [4.69, 9.17) is 5.73 Å². The van der Waals surface area contributed by atoms with Gasteiger partial charge in [-0.2, -0.15) is 0 Å². The second-order valence-electron chi connectivity index (χ2n) is 4.69. The maximum atomic E-state index is 5.45. The second-order valence-corrected chi connectivity index (χ2v) is 4.69. The number of nitrogens with two attached hydrogens (primary N) is 1. The molecule has 0 unspecified atom stereocenters. The molecule has 2 fully saturated rings. The predicted octanol–water partition coefficient (Wildman–Crippen LogP) is 1.36. The minimum atomic E-state index is 0.824. The third kappa shape index (κ3) is 2.96. The van der Waals surface area contributed by atoms with Crippen molar-refractivity contribution in [3.8, 4) is 0 Å². The molecule has 2 aliphatic carbocycles. The molecule has 0 radical (unpaired) electrons. The summed E-state index contributed by atoms with van der Waals surface area (Å²) in [5, 5.41) is 3.55. The van der Waals surface area contributed by atoms with Gasteiger partial charge in [-0.05, 0) is 69.5 Å². The zero-order chi connectivity index (χ0) is 9.10. The number of hydrogen-bond donors (Lipinski definition) is 2. The largest absolute Gasteiger partial charge is 0.330 e. The Morgan fingerprint density at radius 1 is 1.15 bits per heavy atom. The van der Waals surface area contributed by atoms with Crippen LogP contribution in [0.2, 0.25) is 0 Å². The Hall–Kier alpha value is -0.0800. The summed E-state index contributed by atoms with van der Waals surface area (Å²) in [7, 11) is 0. The van der Waals surface area contributed by atoms with E-state index >= 15 is 0 Å². The smallest absolute Gasteiger partial charge is 0.00152 e. The molecule has 0 bridgehead atoms. The lowest BCUT2D eigenvalue weighted by atomic mass is 9.98. The van der Waals surface area contributed by atoms with Crippen LogP contribution >= 0.6 is 0 Å². The predicted molar refractivity (Wildman–Crippen MR) is 55.5 cm³/mol. The minimum Gasteiger partial charge on any atom is -0.330 e. The van der Waals surface area contributed by atoms with Gasteiger partial charge in [0.2, 0.25) is 0 Å². The van der Waals surface area contributed by atoms with Crippen LogP contribution in [0.4, 0.5) is 0 Å². The first-order valence-electron chi connectivity index (χ1n) is 5.82. The third-order valence-corrected chi connectivity index (χ3v) is 3.39. The van der Waals surface area contributed by atoms with Crippen LogP contribution in [0.1, 0.15) is 32.1 Å². The summed E-state index contributed by atoms with van der Waals surface area (Å²) in [6.45, 7) is 3.20. The Morgan fingerprint density at radius 3 is 2.23 bits per heavy atom. The molecule has 2 heteroatoms. The molecular formula is C11H22N2. The van der Waals surface area contributed by atoms with Crippen LogP contribution in [0, 0.1) is 17.8 Å². The fourth-order valence-corrected chi connectivity index (χ4v) is 2.26. The fraction of sp³-hybridized carbons (Fsp3) is 1.00. The van der Waals surface area contributed by atoms with Crippen molar-refractivity contribution in [1.82, 2.24) is 5.32 Å². The van der Waals surface area contributed by atoms with Gasteiger partial charge < -0.3 is 11.1 Å². The first-order chi connectivity index (χ1) is 6.42. The summed E-state index contributed by atoms with van der Waals surface area (Å²) >= 11 is 0. The van der Waals surface area contributed by atoms with Crippen LogP contribution in [0.25, 0.3) is 0 Å². The molecule has 2 aliphatic rings. The van der Waals surface area contributed by atoms with Crippen LogP contribution in [0.15, 0.2) is 0 Å². The molecule has 0 aromatic rings. The highest BCUT2D eigenvalue weighted by Crippen LogP contribution is 2.48. The molecule has 2 nitrogen and oxygen atoms in total. The van der Waals surface area contributed by atoms with E-state index in [0.29, 0.717) is 0 Å². The van der Waals surface area contributed by atoms with Crippen molar-refractivity contribution >= 4 is 0 Å². The number of nitrogens with one attached hydrogen (secondary N) is 1. The van der Waals surface area contributed by atoms with Crippen molar-refractivity contribution in [2.45, 2.75) is 32.1 Å². The van der Waals surface area contributed by atoms with Gasteiger partial charge in [-0.15, -0.1) is 0 Å². The standard InChI is InChI=1S/C11H22N2/c12-6-1-7-13-8-11(9-2-3-9)10-4-5-10/h9-11,13H,1-8,12H2. The van der Waals surface area contributed by atoms with Crippen LogP contribution in [-0.2, 0) is 0 Å². The van der Waals surface area contributed by atoms with Crippen LogP contribution in [0.3, 0.4) is 0 Å². The Labute approximate surface area is 81.3 Å². The molecule has 13 heavy (non-hydrogen) atoms. The fourth-order valence-electron chi connectivity index (χ4n) is 2.26. The van der Waals surface area contributed by atoms with E-state index < -0.39 is 0 Å². The quantitative estimate of drug-likeness (QED) is 0.583. The summed E-state index contributed by atoms with van der Waals surface area (Å²) < 4.78 is 0. The zero-order valence-corrected chi connectivity index (χ0v) is 8.47. The minimum absolute atomic E-state index is 0.824. The van der Waals surface area contributed by atoms with Crippen molar-refractivity contribution in [3.05, 3.63) is 0 Å². The Morgan fingerprint density at radius 2 is 1.77 bits per heavy atom. The highest BCUT2D eigenvalue weighted by Gasteiger charge is 2.40. The lowest BCUT2D eigenvalue weighted by molar-refractivity contribution is 0.379. The van der Waals surface area contributed by atoms with E-state index in [0.717, 1.165) is 37.3 Å². The number of rotatable bonds is 7. The van der Waals surface area contributed by atoms with Crippen molar-refractivity contribution in [1.29, 1.82) is 0 Å². The van der Waals surface area contributed by atoms with E-state index in [1.54, 1.807) is 0 Å². The molecule has 0 aromatic heterocycles. The molecule has 0 amide bonds. The van der Waals surface area contributed by atoms with Crippen molar-refractivity contribution in [3.63, 3.8) is 0 Å². The van der Waals surface area contributed by atoms with Gasteiger partial charge in [0.05, 0.1) is 0 Å². The molecule has 3 N–H and O–H groups in total. The van der Waals surface area contributed by atoms with E-state index in [9.17, 15) is 0 Å². The van der Waals surface area contributed by atoms with Crippen molar-refractivity contribution in [2.24, 2.45) is 23.5 Å². The average molecular weight is 182 g/mol. The SMILES string of the molecule is NCCCNCC(C1CC1)C1CC1. The molecule has 76 valence electrons. The van der Waals surface area contributed by atoms with Gasteiger partial charge in [-0.3, -0.25) is 0 Å². The number of hydrogen-bond acceptors (Lipinski definition) is 2. The molecular weight excluding hydrogens is 160 g/mol. The highest BCUT2D eigenvalue weighted by atomic mass is 14.9. The van der Waals surface area contributed by atoms with Gasteiger partial charge >= 0.3 is 0 Å². The first kappa shape index (κ1) is 9.47. The Balaban J connectivity index is 1.59. The summed E-state index contributed by atoms with van der Waals surface area (Å²) in [6.07, 6.45) is 7.13. The molecule has 2 saturated carbocycles. The summed E-state index contributed by atoms with van der Waals surface area (Å²) in [5.74, 6) is 3.17. The van der Waals surface area contributed by atoms with Crippen LogP contribution in [0.5, 0.6) is 0 Å². The summed E-state index contributed by atoms with van der Waals surface area (Å²) in [6, 6.07) is 0. The highest BCUT2D eigenvalue weighted by molar-refractivity contribution is 4.92. The molecule has 0 aliphatic heterocycles. The topological polar surface area (TPSA) is 38.0 Å². The lowest BCUT2D eigenvalue weighted by Gasteiger charge is -2.15. The lowest BCUT2D eigenvalue weighted by Crippen LogP contribution is -2.27. The van der Waals surface area contributed by atoms with E-state index in [1.165, 1.54) is 32.2 Å². The Kier molecular flexibility index (Phi) is 3.23. The van der Waals surface area contributed by atoms with Gasteiger partial charge in [0.25, 0.3) is 0 Å². The maximum Gasteiger partial charge on any atom is -0.00152 e. The molecule has 2 rings (SSSR count). The third-order valence-electron chi connectivity index (χ3n) is 3.39. The Bertz CT molecular complexity index is 138. The van der Waals surface area contributed by atoms with Crippen molar-refractivity contribution < 1.29 is 0 Å². The van der Waals surface area contributed by atoms with Crippen LogP contribution in [-0.4, -0.2) is 19.6 Å². The maximum absolute atomic E-state index is 5.45. The molecule has 0 aromatic carbocycles.